The van der Waals surface area contributed by atoms with Crippen LogP contribution in [0.3, 0.4) is 0 Å². The first kappa shape index (κ1) is 20.0. The van der Waals surface area contributed by atoms with Crippen molar-refractivity contribution in [2.24, 2.45) is 0 Å². The van der Waals surface area contributed by atoms with Gasteiger partial charge in [0.25, 0.3) is 5.56 Å². The van der Waals surface area contributed by atoms with Gasteiger partial charge in [0.2, 0.25) is 0 Å². The smallest absolute Gasteiger partial charge is 0.344 e. The molecule has 0 spiro atoms. The Kier molecular flexibility index (Phi) is 4.87. The van der Waals surface area contributed by atoms with Crippen molar-refractivity contribution in [2.75, 3.05) is 6.61 Å². The van der Waals surface area contributed by atoms with Gasteiger partial charge >= 0.3 is 5.97 Å². The van der Waals surface area contributed by atoms with E-state index < -0.39 is 5.97 Å². The Balaban J connectivity index is 1.13. The summed E-state index contributed by atoms with van der Waals surface area (Å²) in [4.78, 5) is 29.9. The van der Waals surface area contributed by atoms with Crippen molar-refractivity contribution >= 4 is 43.5 Å². The van der Waals surface area contributed by atoms with Gasteiger partial charge in [0.1, 0.15) is 23.7 Å². The second kappa shape index (κ2) is 8.04. The summed E-state index contributed by atoms with van der Waals surface area (Å²) in [5.74, 6) is 1.13. The summed E-state index contributed by atoms with van der Waals surface area (Å²) in [6.45, 7) is -0.313. The van der Waals surface area contributed by atoms with E-state index >= 15 is 0 Å². The highest BCUT2D eigenvalue weighted by Crippen LogP contribution is 2.34. The third-order valence-corrected chi connectivity index (χ3v) is 6.93. The van der Waals surface area contributed by atoms with E-state index in [-0.39, 0.29) is 18.8 Å². The zero-order valence-corrected chi connectivity index (χ0v) is 18.5. The lowest BCUT2D eigenvalue weighted by Crippen LogP contribution is -2.18. The maximum atomic E-state index is 12.6. The minimum absolute atomic E-state index is 0.0869. The van der Waals surface area contributed by atoms with Crippen molar-refractivity contribution in [1.82, 2.24) is 9.38 Å². The topological polar surface area (TPSA) is 83.0 Å². The second-order valence-electron chi connectivity index (χ2n) is 8.09. The van der Waals surface area contributed by atoms with Crippen molar-refractivity contribution in [1.29, 1.82) is 0 Å². The molecule has 0 atom stereocenters. The SMILES string of the molecule is O=C(COc1ccc2oc3c(c2c1)CCCC3)OCc1cc(=O)n2c(n1)sc1ccccc12. The van der Waals surface area contributed by atoms with Gasteiger partial charge in [-0.3, -0.25) is 9.20 Å². The maximum absolute atomic E-state index is 12.6. The molecule has 33 heavy (non-hydrogen) atoms. The zero-order valence-electron chi connectivity index (χ0n) is 17.7. The molecule has 6 rings (SSSR count). The molecule has 1 aliphatic carbocycles. The van der Waals surface area contributed by atoms with Crippen LogP contribution in [0.1, 0.15) is 29.9 Å². The van der Waals surface area contributed by atoms with E-state index in [4.69, 9.17) is 13.9 Å². The Labute approximate surface area is 192 Å². The van der Waals surface area contributed by atoms with E-state index in [2.05, 4.69) is 4.98 Å². The van der Waals surface area contributed by atoms with Gasteiger partial charge in [-0.2, -0.15) is 0 Å². The Bertz CT molecular complexity index is 1580. The second-order valence-corrected chi connectivity index (χ2v) is 9.10. The highest BCUT2D eigenvalue weighted by Gasteiger charge is 2.18. The molecule has 3 heterocycles. The lowest BCUT2D eigenvalue weighted by atomic mass is 9.96. The first-order valence-electron chi connectivity index (χ1n) is 10.9. The first-order chi connectivity index (χ1) is 16.2. The number of carbonyl (C=O) groups excluding carboxylic acids is 1. The van der Waals surface area contributed by atoms with Gasteiger partial charge in [-0.1, -0.05) is 23.5 Å². The van der Waals surface area contributed by atoms with Gasteiger partial charge in [-0.15, -0.1) is 0 Å². The van der Waals surface area contributed by atoms with E-state index in [0.717, 1.165) is 52.6 Å². The molecule has 0 aliphatic heterocycles. The molecule has 0 bridgehead atoms. The number of thiazole rings is 1. The molecule has 8 heteroatoms. The number of benzene rings is 2. The van der Waals surface area contributed by atoms with Crippen LogP contribution >= 0.6 is 11.3 Å². The maximum Gasteiger partial charge on any atom is 0.344 e. The quantitative estimate of drug-likeness (QED) is 0.355. The average Bonchev–Trinajstić information content (AvgIpc) is 3.39. The third kappa shape index (κ3) is 3.66. The Hall–Kier alpha value is -3.65. The molecule has 0 amide bonds. The number of carbonyl (C=O) groups is 1. The van der Waals surface area contributed by atoms with E-state index in [1.165, 1.54) is 23.0 Å². The van der Waals surface area contributed by atoms with E-state index in [1.54, 1.807) is 10.5 Å². The highest BCUT2D eigenvalue weighted by molar-refractivity contribution is 7.23. The number of furan rings is 1. The van der Waals surface area contributed by atoms with Crippen LogP contribution < -0.4 is 10.3 Å². The van der Waals surface area contributed by atoms with Gasteiger partial charge in [0.15, 0.2) is 11.6 Å². The van der Waals surface area contributed by atoms with Crippen LogP contribution in [0.15, 0.2) is 57.7 Å². The standard InChI is InChI=1S/C25H20N2O5S/c28-23-11-15(26-25-27(23)19-6-2-4-8-22(19)33-25)13-31-24(29)14-30-16-9-10-21-18(12-16)17-5-1-3-7-20(17)32-21/h2,4,6,8-12H,1,3,5,7,13-14H2. The molecule has 5 aromatic rings. The van der Waals surface area contributed by atoms with Crippen LogP contribution in [-0.4, -0.2) is 22.0 Å². The number of rotatable bonds is 5. The van der Waals surface area contributed by atoms with Crippen LogP contribution in [0.25, 0.3) is 26.1 Å². The first-order valence-corrected chi connectivity index (χ1v) is 11.7. The van der Waals surface area contributed by atoms with Crippen LogP contribution in [0.2, 0.25) is 0 Å². The number of nitrogens with zero attached hydrogens (tertiary/aromatic N) is 2. The molecular formula is C25H20N2O5S. The Morgan fingerprint density at radius 1 is 1.12 bits per heavy atom. The predicted octanol–water partition coefficient (Wildman–Crippen LogP) is 4.66. The monoisotopic (exact) mass is 460 g/mol. The van der Waals surface area contributed by atoms with Crippen molar-refractivity contribution in [3.05, 3.63) is 75.9 Å². The molecule has 1 aliphatic rings. The van der Waals surface area contributed by atoms with Crippen LogP contribution in [0.4, 0.5) is 0 Å². The minimum atomic E-state index is -0.525. The molecule has 0 saturated carbocycles. The van der Waals surface area contributed by atoms with Gasteiger partial charge in [-0.25, -0.2) is 9.78 Å². The molecular weight excluding hydrogens is 440 g/mol. The van der Waals surface area contributed by atoms with Crippen molar-refractivity contribution in [2.45, 2.75) is 32.3 Å². The number of hydrogen-bond donors (Lipinski definition) is 0. The van der Waals surface area contributed by atoms with E-state index in [1.807, 2.05) is 36.4 Å². The summed E-state index contributed by atoms with van der Waals surface area (Å²) in [5, 5.41) is 1.05. The fourth-order valence-corrected chi connectivity index (χ4v) is 5.42. The van der Waals surface area contributed by atoms with Crippen molar-refractivity contribution in [3.63, 3.8) is 0 Å². The summed E-state index contributed by atoms with van der Waals surface area (Å²) in [7, 11) is 0. The largest absolute Gasteiger partial charge is 0.482 e. The molecule has 0 fully saturated rings. The molecule has 0 radical (unpaired) electrons. The number of ether oxygens (including phenoxy) is 2. The lowest BCUT2D eigenvalue weighted by molar-refractivity contribution is -0.147. The van der Waals surface area contributed by atoms with Crippen LogP contribution in [0, 0.1) is 0 Å². The third-order valence-electron chi connectivity index (χ3n) is 5.91. The number of esters is 1. The summed E-state index contributed by atoms with van der Waals surface area (Å²) in [6.07, 6.45) is 4.28. The minimum Gasteiger partial charge on any atom is -0.482 e. The van der Waals surface area contributed by atoms with Crippen LogP contribution in [0.5, 0.6) is 5.75 Å². The zero-order chi connectivity index (χ0) is 22.4. The molecule has 7 nitrogen and oxygen atoms in total. The molecule has 0 saturated heterocycles. The lowest BCUT2D eigenvalue weighted by Gasteiger charge is -2.09. The summed E-state index contributed by atoms with van der Waals surface area (Å²) >= 11 is 1.42. The fourth-order valence-electron chi connectivity index (χ4n) is 4.37. The summed E-state index contributed by atoms with van der Waals surface area (Å²) in [6, 6.07) is 14.6. The van der Waals surface area contributed by atoms with Crippen molar-refractivity contribution < 1.29 is 18.7 Å². The highest BCUT2D eigenvalue weighted by atomic mass is 32.1. The number of hydrogen-bond acceptors (Lipinski definition) is 7. The fraction of sp³-hybridized carbons (Fsp3) is 0.240. The summed E-state index contributed by atoms with van der Waals surface area (Å²) in [5.41, 5.74) is 3.13. The Morgan fingerprint density at radius 3 is 2.94 bits per heavy atom. The van der Waals surface area contributed by atoms with Gasteiger partial charge in [-0.05, 0) is 49.6 Å². The number of para-hydroxylation sites is 1. The van der Waals surface area contributed by atoms with Crippen molar-refractivity contribution in [3.8, 4) is 5.75 Å². The average molecular weight is 461 g/mol. The Morgan fingerprint density at radius 2 is 2.00 bits per heavy atom. The molecule has 166 valence electrons. The number of aromatic nitrogens is 2. The normalized spacial score (nSPS) is 13.5. The van der Waals surface area contributed by atoms with Gasteiger partial charge in [0, 0.05) is 23.4 Å². The number of fused-ring (bicyclic) bond motifs is 6. The predicted molar refractivity (Wildman–Crippen MR) is 125 cm³/mol. The van der Waals surface area contributed by atoms with Crippen LogP contribution in [-0.2, 0) is 29.0 Å². The van der Waals surface area contributed by atoms with E-state index in [0.29, 0.717) is 16.4 Å². The number of aryl methyl sites for hydroxylation is 2. The molecule has 3 aromatic heterocycles. The molecule has 0 N–H and O–H groups in total. The van der Waals surface area contributed by atoms with E-state index in [9.17, 15) is 9.59 Å². The molecule has 0 unspecified atom stereocenters. The molecule has 2 aromatic carbocycles. The van der Waals surface area contributed by atoms with Gasteiger partial charge < -0.3 is 13.9 Å². The van der Waals surface area contributed by atoms with Gasteiger partial charge in [0.05, 0.1) is 15.9 Å². The summed E-state index contributed by atoms with van der Waals surface area (Å²) < 4.78 is 19.4.